The van der Waals surface area contributed by atoms with Crippen molar-refractivity contribution in [2.45, 2.75) is 26.3 Å². The number of anilines is 1. The molecule has 0 bridgehead atoms. The van der Waals surface area contributed by atoms with E-state index in [4.69, 9.17) is 21.7 Å². The molecule has 0 radical (unpaired) electrons. The standard InChI is InChI=1S/C31H27NO4S3/c1-5-36-29(34)26-25(19-12-8-6-9-13-19)38-30(39-26)24-22-17-16-21(35-4)18-23(22)32(31(2,3)27(24)37)28(33)20-14-10-7-11-15-20/h6-18H,5H2,1-4H3. The van der Waals surface area contributed by atoms with Crippen molar-refractivity contribution in [2.75, 3.05) is 18.6 Å². The summed E-state index contributed by atoms with van der Waals surface area (Å²) in [7, 11) is 1.60. The molecule has 8 heteroatoms. The number of carbonyl (C=O) groups is 2. The van der Waals surface area contributed by atoms with Crippen molar-refractivity contribution in [3.8, 4) is 5.75 Å². The molecule has 0 saturated carbocycles. The van der Waals surface area contributed by atoms with Crippen molar-refractivity contribution in [3.63, 3.8) is 0 Å². The number of carbonyl (C=O) groups excluding carboxylic acids is 2. The summed E-state index contributed by atoms with van der Waals surface area (Å²) in [5.41, 5.74) is 3.02. The van der Waals surface area contributed by atoms with Gasteiger partial charge in [-0.1, -0.05) is 84.3 Å². The number of methoxy groups -OCH3 is 1. The molecular formula is C31H27NO4S3. The van der Waals surface area contributed by atoms with Gasteiger partial charge in [0.15, 0.2) is 0 Å². The van der Waals surface area contributed by atoms with Gasteiger partial charge in [0.05, 0.1) is 34.0 Å². The van der Waals surface area contributed by atoms with E-state index in [9.17, 15) is 9.59 Å². The number of hydrogen-bond donors (Lipinski definition) is 0. The average molecular weight is 574 g/mol. The number of amides is 1. The molecule has 0 aromatic heterocycles. The summed E-state index contributed by atoms with van der Waals surface area (Å²) in [6.45, 7) is 6.00. The molecule has 39 heavy (non-hydrogen) atoms. The van der Waals surface area contributed by atoms with Gasteiger partial charge in [-0.15, -0.1) is 0 Å². The molecule has 0 spiro atoms. The van der Waals surface area contributed by atoms with Crippen molar-refractivity contribution in [1.29, 1.82) is 0 Å². The van der Waals surface area contributed by atoms with Crippen LogP contribution in [-0.2, 0) is 9.53 Å². The van der Waals surface area contributed by atoms with Crippen LogP contribution in [0.15, 0.2) is 88.0 Å². The van der Waals surface area contributed by atoms with Crippen LogP contribution in [0.2, 0.25) is 0 Å². The van der Waals surface area contributed by atoms with Crippen molar-refractivity contribution in [3.05, 3.63) is 105 Å². The molecular weight excluding hydrogens is 547 g/mol. The van der Waals surface area contributed by atoms with Gasteiger partial charge in [0, 0.05) is 27.7 Å². The number of rotatable bonds is 5. The van der Waals surface area contributed by atoms with Crippen molar-refractivity contribution in [2.24, 2.45) is 0 Å². The molecule has 0 unspecified atom stereocenters. The van der Waals surface area contributed by atoms with Gasteiger partial charge in [-0.25, -0.2) is 4.79 Å². The molecule has 2 aliphatic heterocycles. The predicted molar refractivity (Wildman–Crippen MR) is 165 cm³/mol. The van der Waals surface area contributed by atoms with Gasteiger partial charge in [0.2, 0.25) is 0 Å². The number of benzene rings is 3. The van der Waals surface area contributed by atoms with Crippen LogP contribution in [0.25, 0.3) is 10.5 Å². The molecule has 5 rings (SSSR count). The Morgan fingerprint density at radius 1 is 0.949 bits per heavy atom. The van der Waals surface area contributed by atoms with Gasteiger partial charge in [-0.2, -0.15) is 0 Å². The zero-order valence-electron chi connectivity index (χ0n) is 22.0. The molecule has 198 valence electrons. The first-order valence-corrected chi connectivity index (χ1v) is 14.5. The van der Waals surface area contributed by atoms with E-state index in [1.54, 1.807) is 31.1 Å². The number of thiocarbonyl (C=S) groups is 1. The minimum absolute atomic E-state index is 0.149. The second kappa shape index (κ2) is 11.0. The molecule has 3 aromatic carbocycles. The minimum Gasteiger partial charge on any atom is -0.497 e. The fourth-order valence-corrected chi connectivity index (χ4v) is 7.78. The average Bonchev–Trinajstić information content (AvgIpc) is 3.39. The van der Waals surface area contributed by atoms with E-state index in [1.807, 2.05) is 80.6 Å². The van der Waals surface area contributed by atoms with Crippen LogP contribution >= 0.6 is 35.7 Å². The lowest BCUT2D eigenvalue weighted by Gasteiger charge is -2.45. The largest absolute Gasteiger partial charge is 0.497 e. The van der Waals surface area contributed by atoms with Crippen LogP contribution in [0.1, 0.15) is 42.3 Å². The van der Waals surface area contributed by atoms with Crippen LogP contribution < -0.4 is 9.64 Å². The maximum Gasteiger partial charge on any atom is 0.346 e. The summed E-state index contributed by atoms with van der Waals surface area (Å²) in [6, 6.07) is 24.7. The van der Waals surface area contributed by atoms with Crippen molar-refractivity contribution >= 4 is 68.6 Å². The van der Waals surface area contributed by atoms with Gasteiger partial charge >= 0.3 is 5.97 Å². The highest BCUT2D eigenvalue weighted by molar-refractivity contribution is 8.32. The normalized spacial score (nSPS) is 18.2. The van der Waals surface area contributed by atoms with Crippen LogP contribution in [-0.4, -0.2) is 36.0 Å². The Kier molecular flexibility index (Phi) is 7.71. The third-order valence-electron chi connectivity index (χ3n) is 6.58. The summed E-state index contributed by atoms with van der Waals surface area (Å²) in [5.74, 6) is 0.124. The monoisotopic (exact) mass is 573 g/mol. The Labute approximate surface area is 242 Å². The second-order valence-corrected chi connectivity index (χ2v) is 12.1. The van der Waals surface area contributed by atoms with Crippen molar-refractivity contribution < 1.29 is 19.1 Å². The first-order valence-electron chi connectivity index (χ1n) is 12.5. The highest BCUT2D eigenvalue weighted by atomic mass is 32.2. The Morgan fingerprint density at radius 3 is 2.26 bits per heavy atom. The van der Waals surface area contributed by atoms with Gasteiger partial charge < -0.3 is 9.47 Å². The highest BCUT2D eigenvalue weighted by Gasteiger charge is 2.46. The summed E-state index contributed by atoms with van der Waals surface area (Å²) in [6.07, 6.45) is 0. The van der Waals surface area contributed by atoms with E-state index < -0.39 is 5.54 Å². The lowest BCUT2D eigenvalue weighted by molar-refractivity contribution is -0.137. The third-order valence-corrected chi connectivity index (χ3v) is 9.91. The molecule has 0 N–H and O–H groups in total. The number of fused-ring (bicyclic) bond motifs is 1. The topological polar surface area (TPSA) is 55.8 Å². The maximum atomic E-state index is 13.9. The molecule has 0 atom stereocenters. The smallest absolute Gasteiger partial charge is 0.346 e. The first kappa shape index (κ1) is 27.2. The molecule has 0 fully saturated rings. The van der Waals surface area contributed by atoms with E-state index in [2.05, 4.69) is 0 Å². The summed E-state index contributed by atoms with van der Waals surface area (Å²) in [4.78, 5) is 30.7. The number of esters is 1. The Morgan fingerprint density at radius 2 is 1.62 bits per heavy atom. The summed E-state index contributed by atoms with van der Waals surface area (Å²) in [5, 5.41) is 0. The lowest BCUT2D eigenvalue weighted by Crippen LogP contribution is -2.56. The fourth-order valence-electron chi connectivity index (χ4n) is 4.65. The Hall–Kier alpha value is -3.33. The summed E-state index contributed by atoms with van der Waals surface area (Å²) >= 11 is 9.04. The third kappa shape index (κ3) is 4.93. The van der Waals surface area contributed by atoms with E-state index in [1.165, 1.54) is 23.5 Å². The SMILES string of the molecule is CCOC(=O)C1=C(c2ccccc2)SC(=C2C(=S)C(C)(C)N(C(=O)c3ccccc3)c3cc(OC)ccc32)S1. The van der Waals surface area contributed by atoms with E-state index in [0.29, 0.717) is 26.8 Å². The molecule has 0 aliphatic carbocycles. The number of hydrogen-bond acceptors (Lipinski definition) is 7. The molecule has 2 heterocycles. The van der Waals surface area contributed by atoms with Gasteiger partial charge in [-0.3, -0.25) is 9.69 Å². The van der Waals surface area contributed by atoms with E-state index >= 15 is 0 Å². The van der Waals surface area contributed by atoms with Crippen molar-refractivity contribution in [1.82, 2.24) is 0 Å². The van der Waals surface area contributed by atoms with Crippen LogP contribution in [0, 0.1) is 0 Å². The molecule has 5 nitrogen and oxygen atoms in total. The van der Waals surface area contributed by atoms with Gasteiger partial charge in [0.25, 0.3) is 5.91 Å². The molecule has 2 aliphatic rings. The quantitative estimate of drug-likeness (QED) is 0.177. The zero-order valence-corrected chi connectivity index (χ0v) is 24.5. The Balaban J connectivity index is 1.69. The Bertz CT molecular complexity index is 1530. The number of thioether (sulfide) groups is 2. The highest BCUT2D eigenvalue weighted by Crippen LogP contribution is 2.58. The second-order valence-electron chi connectivity index (χ2n) is 9.39. The molecule has 1 amide bonds. The minimum atomic E-state index is -0.843. The molecule has 3 aromatic rings. The maximum absolute atomic E-state index is 13.9. The summed E-state index contributed by atoms with van der Waals surface area (Å²) < 4.78 is 11.9. The fraction of sp³-hybridized carbons (Fsp3) is 0.194. The van der Waals surface area contributed by atoms with Crippen LogP contribution in [0.5, 0.6) is 5.75 Å². The van der Waals surface area contributed by atoms with E-state index in [-0.39, 0.29) is 18.5 Å². The van der Waals surface area contributed by atoms with Gasteiger partial charge in [0.1, 0.15) is 10.7 Å². The lowest BCUT2D eigenvalue weighted by atomic mass is 9.82. The number of ether oxygens (including phenoxy) is 2. The zero-order chi connectivity index (χ0) is 27.7. The van der Waals surface area contributed by atoms with Crippen LogP contribution in [0.4, 0.5) is 5.69 Å². The predicted octanol–water partition coefficient (Wildman–Crippen LogP) is 7.58. The van der Waals surface area contributed by atoms with Crippen LogP contribution in [0.3, 0.4) is 0 Å². The van der Waals surface area contributed by atoms with Gasteiger partial charge in [-0.05, 0) is 50.6 Å². The number of nitrogens with zero attached hydrogens (tertiary/aromatic N) is 1. The van der Waals surface area contributed by atoms with E-state index in [0.717, 1.165) is 25.8 Å². The molecule has 0 saturated heterocycles. The first-order chi connectivity index (χ1) is 18.8.